The second kappa shape index (κ2) is 9.34. The van der Waals surface area contributed by atoms with Crippen LogP contribution in [-0.4, -0.2) is 49.2 Å². The van der Waals surface area contributed by atoms with E-state index in [0.29, 0.717) is 6.61 Å². The third kappa shape index (κ3) is 5.83. The van der Waals surface area contributed by atoms with E-state index in [-0.39, 0.29) is 5.97 Å². The number of likely N-dealkylation sites (N-methyl/N-ethyl adjacent to an activating group) is 1. The molecule has 0 bridgehead atoms. The van der Waals surface area contributed by atoms with Crippen molar-refractivity contribution < 1.29 is 9.53 Å². The van der Waals surface area contributed by atoms with E-state index >= 15 is 0 Å². The molecule has 0 aromatic carbocycles. The molecular weight excluding hydrogens is 228 g/mol. The molecule has 4 heteroatoms. The first-order chi connectivity index (χ1) is 8.53. The molecule has 0 rings (SSSR count). The van der Waals surface area contributed by atoms with Crippen LogP contribution < -0.4 is 5.32 Å². The monoisotopic (exact) mass is 258 g/mol. The molecule has 0 aliphatic carbocycles. The topological polar surface area (TPSA) is 41.6 Å². The number of rotatable bonds is 10. The molecule has 0 spiro atoms. The molecule has 0 aliphatic heterocycles. The lowest BCUT2D eigenvalue weighted by Crippen LogP contribution is -2.52. The first kappa shape index (κ1) is 17.4. The molecule has 0 aromatic heterocycles. The van der Waals surface area contributed by atoms with Crippen molar-refractivity contribution in [3.05, 3.63) is 0 Å². The molecule has 0 radical (unpaired) electrons. The zero-order valence-electron chi connectivity index (χ0n) is 12.7. The quantitative estimate of drug-likeness (QED) is 0.609. The van der Waals surface area contributed by atoms with Crippen molar-refractivity contribution in [2.75, 3.05) is 32.8 Å². The van der Waals surface area contributed by atoms with Crippen LogP contribution in [-0.2, 0) is 9.53 Å². The molecule has 0 aromatic rings. The third-order valence-corrected chi connectivity index (χ3v) is 3.21. The molecule has 0 heterocycles. The van der Waals surface area contributed by atoms with Crippen LogP contribution in [0.2, 0.25) is 0 Å². The van der Waals surface area contributed by atoms with Crippen molar-refractivity contribution in [3.63, 3.8) is 0 Å². The highest BCUT2D eigenvalue weighted by molar-refractivity contribution is 5.80. The fraction of sp³-hybridized carbons (Fsp3) is 0.929. The first-order valence-corrected chi connectivity index (χ1v) is 7.18. The average Bonchev–Trinajstić information content (AvgIpc) is 2.35. The smallest absolute Gasteiger partial charge is 0.326 e. The van der Waals surface area contributed by atoms with Crippen molar-refractivity contribution in [3.8, 4) is 0 Å². The Balaban J connectivity index is 4.45. The predicted octanol–water partition coefficient (Wildman–Crippen LogP) is 2.04. The van der Waals surface area contributed by atoms with E-state index in [1.165, 1.54) is 0 Å². The van der Waals surface area contributed by atoms with Crippen molar-refractivity contribution >= 4 is 5.97 Å². The summed E-state index contributed by atoms with van der Waals surface area (Å²) < 4.78 is 5.17. The number of nitrogens with zero attached hydrogens (tertiary/aromatic N) is 1. The van der Waals surface area contributed by atoms with Crippen LogP contribution in [0.1, 0.15) is 47.5 Å². The largest absolute Gasteiger partial charge is 0.465 e. The maximum absolute atomic E-state index is 12.0. The number of ether oxygens (including phenoxy) is 1. The van der Waals surface area contributed by atoms with Crippen molar-refractivity contribution in [1.82, 2.24) is 10.2 Å². The van der Waals surface area contributed by atoms with Gasteiger partial charge >= 0.3 is 5.97 Å². The number of nitrogens with one attached hydrogen (secondary N) is 1. The summed E-state index contributed by atoms with van der Waals surface area (Å²) in [5.74, 6) is -0.139. The minimum absolute atomic E-state index is 0.139. The van der Waals surface area contributed by atoms with Gasteiger partial charge in [-0.05, 0) is 46.3 Å². The van der Waals surface area contributed by atoms with Gasteiger partial charge in [-0.2, -0.15) is 0 Å². The zero-order valence-corrected chi connectivity index (χ0v) is 12.7. The highest BCUT2D eigenvalue weighted by atomic mass is 16.5. The highest BCUT2D eigenvalue weighted by Gasteiger charge is 2.33. The molecule has 0 aliphatic rings. The lowest BCUT2D eigenvalue weighted by Gasteiger charge is -2.31. The summed E-state index contributed by atoms with van der Waals surface area (Å²) in [6, 6.07) is 0. The maximum atomic E-state index is 12.0. The Kier molecular flexibility index (Phi) is 9.02. The molecule has 1 atom stereocenters. The molecule has 1 unspecified atom stereocenters. The molecule has 1 N–H and O–H groups in total. The predicted molar refractivity (Wildman–Crippen MR) is 75.7 cm³/mol. The minimum Gasteiger partial charge on any atom is -0.465 e. The van der Waals surface area contributed by atoms with Crippen molar-refractivity contribution in [1.29, 1.82) is 0 Å². The highest BCUT2D eigenvalue weighted by Crippen LogP contribution is 2.13. The summed E-state index contributed by atoms with van der Waals surface area (Å²) in [5, 5.41) is 3.26. The standard InChI is InChI=1S/C14H30N2O2/c1-6-11-16(8-3)12-10-14(5,15-7-2)13(17)18-9-4/h15H,6-12H2,1-5H3. The lowest BCUT2D eigenvalue weighted by molar-refractivity contribution is -0.151. The lowest BCUT2D eigenvalue weighted by atomic mass is 9.97. The summed E-state index contributed by atoms with van der Waals surface area (Å²) in [7, 11) is 0. The average molecular weight is 258 g/mol. The summed E-state index contributed by atoms with van der Waals surface area (Å²) in [6.07, 6.45) is 1.93. The number of carbonyl (C=O) groups is 1. The first-order valence-electron chi connectivity index (χ1n) is 7.18. The van der Waals surface area contributed by atoms with Crippen LogP contribution in [0.5, 0.6) is 0 Å². The number of carbonyl (C=O) groups excluding carboxylic acids is 1. The Hall–Kier alpha value is -0.610. The minimum atomic E-state index is -0.564. The Morgan fingerprint density at radius 3 is 2.33 bits per heavy atom. The molecular formula is C14H30N2O2. The van der Waals surface area contributed by atoms with Crippen LogP contribution in [0.15, 0.2) is 0 Å². The number of hydrogen-bond donors (Lipinski definition) is 1. The van der Waals surface area contributed by atoms with E-state index in [2.05, 4.69) is 24.1 Å². The normalized spacial score (nSPS) is 14.6. The van der Waals surface area contributed by atoms with Crippen molar-refractivity contribution in [2.45, 2.75) is 53.0 Å². The Morgan fingerprint density at radius 2 is 1.89 bits per heavy atom. The zero-order chi connectivity index (χ0) is 14.0. The Bertz CT molecular complexity index is 234. The van der Waals surface area contributed by atoms with Crippen LogP contribution in [0.25, 0.3) is 0 Å². The van der Waals surface area contributed by atoms with Gasteiger partial charge in [-0.3, -0.25) is 4.79 Å². The van der Waals surface area contributed by atoms with Crippen LogP contribution in [0.4, 0.5) is 0 Å². The van der Waals surface area contributed by atoms with Crippen LogP contribution in [0.3, 0.4) is 0 Å². The van der Waals surface area contributed by atoms with Crippen LogP contribution in [0, 0.1) is 0 Å². The number of hydrogen-bond acceptors (Lipinski definition) is 4. The van der Waals surface area contributed by atoms with Gasteiger partial charge in [0, 0.05) is 6.54 Å². The van der Waals surface area contributed by atoms with E-state index in [0.717, 1.165) is 39.0 Å². The third-order valence-electron chi connectivity index (χ3n) is 3.21. The summed E-state index contributed by atoms with van der Waals surface area (Å²) in [5.41, 5.74) is -0.564. The van der Waals surface area contributed by atoms with Gasteiger partial charge in [0.2, 0.25) is 0 Å². The fourth-order valence-corrected chi connectivity index (χ4v) is 2.07. The second-order valence-corrected chi connectivity index (χ2v) is 4.77. The van der Waals surface area contributed by atoms with E-state index in [1.54, 1.807) is 0 Å². The molecule has 0 saturated heterocycles. The van der Waals surface area contributed by atoms with Gasteiger partial charge in [0.25, 0.3) is 0 Å². The fourth-order valence-electron chi connectivity index (χ4n) is 2.07. The molecule has 108 valence electrons. The van der Waals surface area contributed by atoms with Gasteiger partial charge in [0.15, 0.2) is 0 Å². The van der Waals surface area contributed by atoms with E-state index in [4.69, 9.17) is 4.74 Å². The van der Waals surface area contributed by atoms with Gasteiger partial charge in [-0.1, -0.05) is 20.8 Å². The molecule has 18 heavy (non-hydrogen) atoms. The van der Waals surface area contributed by atoms with E-state index in [9.17, 15) is 4.79 Å². The van der Waals surface area contributed by atoms with E-state index in [1.807, 2.05) is 20.8 Å². The van der Waals surface area contributed by atoms with Crippen molar-refractivity contribution in [2.24, 2.45) is 0 Å². The second-order valence-electron chi connectivity index (χ2n) is 4.77. The number of esters is 1. The Labute approximate surface area is 112 Å². The summed E-state index contributed by atoms with van der Waals surface area (Å²) in [4.78, 5) is 14.4. The SMILES string of the molecule is CCCN(CC)CCC(C)(NCC)C(=O)OCC. The van der Waals surface area contributed by atoms with Gasteiger partial charge in [0.05, 0.1) is 6.61 Å². The van der Waals surface area contributed by atoms with Gasteiger partial charge < -0.3 is 15.0 Å². The van der Waals surface area contributed by atoms with E-state index < -0.39 is 5.54 Å². The molecule has 0 fully saturated rings. The molecule has 4 nitrogen and oxygen atoms in total. The van der Waals surface area contributed by atoms with Gasteiger partial charge in [0.1, 0.15) is 5.54 Å². The Morgan fingerprint density at radius 1 is 1.22 bits per heavy atom. The van der Waals surface area contributed by atoms with Gasteiger partial charge in [-0.15, -0.1) is 0 Å². The molecule has 0 saturated carbocycles. The summed E-state index contributed by atoms with van der Waals surface area (Å²) >= 11 is 0. The summed E-state index contributed by atoms with van der Waals surface area (Å²) in [6.45, 7) is 14.4. The molecule has 0 amide bonds. The van der Waals surface area contributed by atoms with Gasteiger partial charge in [-0.25, -0.2) is 0 Å². The maximum Gasteiger partial charge on any atom is 0.326 e. The van der Waals surface area contributed by atoms with Crippen LogP contribution >= 0.6 is 0 Å².